The van der Waals surface area contributed by atoms with Crippen LogP contribution in [-0.2, 0) is 10.0 Å². The van der Waals surface area contributed by atoms with Crippen LogP contribution >= 0.6 is 0 Å². The quantitative estimate of drug-likeness (QED) is 0.548. The van der Waals surface area contributed by atoms with Crippen molar-refractivity contribution in [2.24, 2.45) is 0 Å². The number of amides is 1. The fourth-order valence-electron chi connectivity index (χ4n) is 2.63. The summed E-state index contributed by atoms with van der Waals surface area (Å²) in [5, 5.41) is 6.85. The van der Waals surface area contributed by atoms with Gasteiger partial charge in [0.15, 0.2) is 17.3 Å². The molecule has 0 radical (unpaired) electrons. The van der Waals surface area contributed by atoms with Gasteiger partial charge in [0.25, 0.3) is 15.9 Å². The summed E-state index contributed by atoms with van der Waals surface area (Å²) in [5.41, 5.74) is 0.598. The number of carbonyl (C=O) groups is 1. The van der Waals surface area contributed by atoms with E-state index in [1.54, 1.807) is 18.3 Å². The fourth-order valence-corrected chi connectivity index (χ4v) is 3.78. The second-order valence-corrected chi connectivity index (χ2v) is 7.68. The molecule has 0 saturated heterocycles. The van der Waals surface area contributed by atoms with E-state index in [9.17, 15) is 22.0 Å². The third-order valence-corrected chi connectivity index (χ3v) is 5.59. The van der Waals surface area contributed by atoms with E-state index in [4.69, 9.17) is 0 Å². The highest BCUT2D eigenvalue weighted by Crippen LogP contribution is 2.20. The zero-order valence-electron chi connectivity index (χ0n) is 14.1. The Hall–Kier alpha value is -3.53. The molecule has 0 aliphatic carbocycles. The molecule has 0 spiro atoms. The molecule has 0 saturated carbocycles. The number of nitrogens with one attached hydrogen (secondary N) is 2. The van der Waals surface area contributed by atoms with E-state index in [0.717, 1.165) is 23.8 Å². The second-order valence-electron chi connectivity index (χ2n) is 5.89. The third kappa shape index (κ3) is 3.14. The van der Waals surface area contributed by atoms with Gasteiger partial charge in [-0.15, -0.1) is 0 Å². The van der Waals surface area contributed by atoms with Crippen molar-refractivity contribution in [2.45, 2.75) is 4.90 Å². The average molecular weight is 402 g/mol. The first kappa shape index (κ1) is 17.9. The van der Waals surface area contributed by atoms with E-state index in [1.165, 1.54) is 24.3 Å². The van der Waals surface area contributed by atoms with Gasteiger partial charge in [-0.2, -0.15) is 17.6 Å². The number of halogens is 2. The minimum atomic E-state index is -4.00. The Bertz CT molecular complexity index is 1310. The van der Waals surface area contributed by atoms with Crippen molar-refractivity contribution in [1.29, 1.82) is 0 Å². The van der Waals surface area contributed by atoms with E-state index in [2.05, 4.69) is 15.4 Å². The first-order chi connectivity index (χ1) is 13.3. The molecular weight excluding hydrogens is 390 g/mol. The first-order valence-corrected chi connectivity index (χ1v) is 9.43. The van der Waals surface area contributed by atoms with Crippen LogP contribution in [0.4, 0.5) is 14.5 Å². The van der Waals surface area contributed by atoms with Crippen molar-refractivity contribution in [3.63, 3.8) is 0 Å². The summed E-state index contributed by atoms with van der Waals surface area (Å²) >= 11 is 0. The minimum absolute atomic E-state index is 0.00950. The number of aromatic nitrogens is 3. The summed E-state index contributed by atoms with van der Waals surface area (Å²) in [6.45, 7) is 0. The van der Waals surface area contributed by atoms with E-state index < -0.39 is 27.6 Å². The number of fused-ring (bicyclic) bond motifs is 1. The molecule has 0 unspecified atom stereocenters. The molecule has 0 atom stereocenters. The van der Waals surface area contributed by atoms with Crippen LogP contribution < -0.4 is 5.32 Å². The normalized spacial score (nSPS) is 11.6. The topological polar surface area (TPSA) is 96.9 Å². The number of rotatable bonds is 4. The maximum absolute atomic E-state index is 13.2. The number of carbonyl (C=O) groups excluding carboxylic acids is 1. The summed E-state index contributed by atoms with van der Waals surface area (Å²) in [4.78, 5) is 15.2. The molecule has 0 aliphatic heterocycles. The molecule has 0 fully saturated rings. The summed E-state index contributed by atoms with van der Waals surface area (Å²) in [5.74, 6) is -2.93. The molecule has 1 amide bonds. The highest BCUT2D eigenvalue weighted by Gasteiger charge is 2.21. The van der Waals surface area contributed by atoms with Crippen LogP contribution in [0.2, 0.25) is 0 Å². The van der Waals surface area contributed by atoms with E-state index >= 15 is 0 Å². The number of anilines is 1. The van der Waals surface area contributed by atoms with Crippen molar-refractivity contribution < 1.29 is 22.0 Å². The summed E-state index contributed by atoms with van der Waals surface area (Å²) in [6, 6.07) is 10.3. The molecule has 142 valence electrons. The summed E-state index contributed by atoms with van der Waals surface area (Å²) in [7, 11) is -4.00. The van der Waals surface area contributed by atoms with E-state index in [1.807, 2.05) is 0 Å². The lowest BCUT2D eigenvalue weighted by molar-refractivity contribution is 0.102. The molecule has 10 heteroatoms. The molecule has 7 nitrogen and oxygen atoms in total. The van der Waals surface area contributed by atoms with Gasteiger partial charge in [-0.3, -0.25) is 4.79 Å². The van der Waals surface area contributed by atoms with E-state index in [-0.39, 0.29) is 16.3 Å². The number of hydrogen-bond acceptors (Lipinski definition) is 4. The molecule has 2 aromatic carbocycles. The van der Waals surface area contributed by atoms with Crippen molar-refractivity contribution in [3.8, 4) is 0 Å². The van der Waals surface area contributed by atoms with Crippen LogP contribution in [-0.4, -0.2) is 28.5 Å². The molecule has 4 rings (SSSR count). The summed E-state index contributed by atoms with van der Waals surface area (Å²) in [6.07, 6.45) is 2.83. The molecule has 2 aromatic heterocycles. The van der Waals surface area contributed by atoms with Crippen molar-refractivity contribution in [1.82, 2.24) is 14.2 Å². The van der Waals surface area contributed by atoms with Crippen molar-refractivity contribution in [2.75, 3.05) is 5.32 Å². The van der Waals surface area contributed by atoms with Crippen LogP contribution in [0.5, 0.6) is 0 Å². The van der Waals surface area contributed by atoms with Crippen LogP contribution in [0.15, 0.2) is 65.8 Å². The lowest BCUT2D eigenvalue weighted by atomic mass is 10.2. The standard InChI is InChI=1S/C18H12F2N4O3S/c19-14-3-1-12(10-15(14)20)22-18(25)17-6-8-24(23-17)28(26,27)13-2-4-16-11(9-13)5-7-21-16/h1-10,21H,(H,22,25). The zero-order chi connectivity index (χ0) is 19.9. The molecule has 2 heterocycles. The molecule has 28 heavy (non-hydrogen) atoms. The van der Waals surface area contributed by atoms with Gasteiger partial charge in [-0.1, -0.05) is 0 Å². The van der Waals surface area contributed by atoms with Gasteiger partial charge in [0.2, 0.25) is 0 Å². The summed E-state index contributed by atoms with van der Waals surface area (Å²) < 4.78 is 52.4. The molecule has 0 aliphatic rings. The van der Waals surface area contributed by atoms with Crippen molar-refractivity contribution >= 4 is 32.5 Å². The monoisotopic (exact) mass is 402 g/mol. The predicted octanol–water partition coefficient (Wildman–Crippen LogP) is 3.13. The van der Waals surface area contributed by atoms with Gasteiger partial charge in [-0.05, 0) is 42.5 Å². The Morgan fingerprint density at radius 2 is 1.86 bits per heavy atom. The smallest absolute Gasteiger partial charge is 0.282 e. The maximum atomic E-state index is 13.2. The molecular formula is C18H12F2N4O3S. The van der Waals surface area contributed by atoms with Crippen LogP contribution in [0.25, 0.3) is 10.9 Å². The Morgan fingerprint density at radius 1 is 1.04 bits per heavy atom. The first-order valence-electron chi connectivity index (χ1n) is 7.99. The third-order valence-electron chi connectivity index (χ3n) is 4.05. The highest BCUT2D eigenvalue weighted by atomic mass is 32.2. The van der Waals surface area contributed by atoms with Gasteiger partial charge >= 0.3 is 0 Å². The Labute approximate surface area is 157 Å². The number of benzene rings is 2. The lowest BCUT2D eigenvalue weighted by Crippen LogP contribution is -2.17. The Morgan fingerprint density at radius 3 is 2.64 bits per heavy atom. The van der Waals surface area contributed by atoms with Crippen LogP contribution in [0.1, 0.15) is 10.5 Å². The Kier molecular flexibility index (Phi) is 4.19. The van der Waals surface area contributed by atoms with E-state index in [0.29, 0.717) is 9.47 Å². The predicted molar refractivity (Wildman–Crippen MR) is 97.4 cm³/mol. The van der Waals surface area contributed by atoms with Gasteiger partial charge in [0.1, 0.15) is 0 Å². The maximum Gasteiger partial charge on any atom is 0.282 e. The number of H-pyrrole nitrogens is 1. The van der Waals surface area contributed by atoms with Crippen LogP contribution in [0, 0.1) is 11.6 Å². The largest absolute Gasteiger partial charge is 0.361 e. The van der Waals surface area contributed by atoms with Gasteiger partial charge in [0.05, 0.1) is 4.90 Å². The fraction of sp³-hybridized carbons (Fsp3) is 0. The van der Waals surface area contributed by atoms with Gasteiger partial charge in [-0.25, -0.2) is 8.78 Å². The zero-order valence-corrected chi connectivity index (χ0v) is 14.9. The average Bonchev–Trinajstić information content (AvgIpc) is 3.33. The Balaban J connectivity index is 1.60. The molecule has 4 aromatic rings. The van der Waals surface area contributed by atoms with Crippen LogP contribution in [0.3, 0.4) is 0 Å². The number of hydrogen-bond donors (Lipinski definition) is 2. The SMILES string of the molecule is O=C(Nc1ccc(F)c(F)c1)c1ccn(S(=O)(=O)c2ccc3[nH]ccc3c2)n1. The minimum Gasteiger partial charge on any atom is -0.361 e. The molecule has 2 N–H and O–H groups in total. The lowest BCUT2D eigenvalue weighted by Gasteiger charge is -2.05. The van der Waals surface area contributed by atoms with Gasteiger partial charge in [0, 0.05) is 35.1 Å². The second kappa shape index (κ2) is 6.57. The van der Waals surface area contributed by atoms with Crippen molar-refractivity contribution in [3.05, 3.63) is 78.3 Å². The molecule has 0 bridgehead atoms. The van der Waals surface area contributed by atoms with Gasteiger partial charge < -0.3 is 10.3 Å². The highest BCUT2D eigenvalue weighted by molar-refractivity contribution is 7.89. The number of aromatic amines is 1. The number of nitrogens with zero attached hydrogens (tertiary/aromatic N) is 2.